The maximum Gasteiger partial charge on any atom is 0.308 e. The van der Waals surface area contributed by atoms with Gasteiger partial charge in [-0.05, 0) is 70.8 Å². The van der Waals surface area contributed by atoms with Gasteiger partial charge in [0.15, 0.2) is 0 Å². The third-order valence-corrected chi connectivity index (χ3v) is 7.02. The fourth-order valence-corrected chi connectivity index (χ4v) is 5.24. The fraction of sp³-hybridized carbons (Fsp3) is 0.194. The minimum absolute atomic E-state index is 0.236. The number of carbonyl (C=O) groups is 3. The molecule has 0 saturated heterocycles. The van der Waals surface area contributed by atoms with Crippen LogP contribution in [0.15, 0.2) is 78.9 Å². The van der Waals surface area contributed by atoms with E-state index in [2.05, 4.69) is 6.07 Å². The molecule has 0 spiro atoms. The number of fused-ring (bicyclic) bond motifs is 1. The lowest BCUT2D eigenvalue weighted by atomic mass is 9.84. The van der Waals surface area contributed by atoms with Crippen LogP contribution in [0, 0.1) is 0 Å². The van der Waals surface area contributed by atoms with E-state index in [9.17, 15) is 14.4 Å². The molecule has 230 valence electrons. The molecule has 0 N–H and O–H groups in total. The highest BCUT2D eigenvalue weighted by molar-refractivity contribution is 5.76. The zero-order chi connectivity index (χ0) is 32.1. The average Bonchev–Trinajstić information content (AvgIpc) is 3.38. The van der Waals surface area contributed by atoms with Crippen molar-refractivity contribution in [3.8, 4) is 34.5 Å². The van der Waals surface area contributed by atoms with Crippen LogP contribution in [0.3, 0.4) is 0 Å². The van der Waals surface area contributed by atoms with Crippen molar-refractivity contribution in [3.05, 3.63) is 107 Å². The minimum Gasteiger partial charge on any atom is -0.497 e. The molecule has 4 aromatic carbocycles. The summed E-state index contributed by atoms with van der Waals surface area (Å²) in [5.41, 5.74) is 4.33. The molecule has 45 heavy (non-hydrogen) atoms. The molecular formula is C36H32O9. The summed E-state index contributed by atoms with van der Waals surface area (Å²) in [4.78, 5) is 34.6. The minimum atomic E-state index is -0.487. The van der Waals surface area contributed by atoms with Crippen LogP contribution in [-0.4, -0.2) is 32.1 Å². The lowest BCUT2D eigenvalue weighted by Crippen LogP contribution is -2.12. The van der Waals surface area contributed by atoms with Crippen LogP contribution < -0.4 is 28.4 Å². The third kappa shape index (κ3) is 7.51. The van der Waals surface area contributed by atoms with Crippen molar-refractivity contribution in [3.63, 3.8) is 0 Å². The van der Waals surface area contributed by atoms with Crippen molar-refractivity contribution in [1.82, 2.24) is 0 Å². The van der Waals surface area contributed by atoms with E-state index in [-0.39, 0.29) is 17.4 Å². The molecule has 0 aromatic heterocycles. The maximum absolute atomic E-state index is 11.6. The largest absolute Gasteiger partial charge is 0.497 e. The molecule has 4 aromatic rings. The summed E-state index contributed by atoms with van der Waals surface area (Å²) in [6.45, 7) is 3.96. The first-order chi connectivity index (χ1) is 21.6. The lowest BCUT2D eigenvalue weighted by molar-refractivity contribution is -0.133. The highest BCUT2D eigenvalue weighted by Crippen LogP contribution is 2.51. The van der Waals surface area contributed by atoms with Crippen molar-refractivity contribution in [1.29, 1.82) is 0 Å². The molecule has 2 atom stereocenters. The Morgan fingerprint density at radius 1 is 0.578 bits per heavy atom. The number of carbonyl (C=O) groups excluding carboxylic acids is 3. The summed E-state index contributed by atoms with van der Waals surface area (Å²) < 4.78 is 33.4. The summed E-state index contributed by atoms with van der Waals surface area (Å²) in [7, 11) is 3.21. The third-order valence-electron chi connectivity index (χ3n) is 7.02. The average molecular weight is 609 g/mol. The quantitative estimate of drug-likeness (QED) is 0.114. The molecule has 1 heterocycles. The molecule has 0 saturated carbocycles. The molecule has 0 bridgehead atoms. The van der Waals surface area contributed by atoms with Crippen LogP contribution in [0.5, 0.6) is 34.5 Å². The Labute approximate surface area is 260 Å². The first-order valence-corrected chi connectivity index (χ1v) is 14.1. The Kier molecular flexibility index (Phi) is 9.18. The maximum atomic E-state index is 11.6. The van der Waals surface area contributed by atoms with Crippen molar-refractivity contribution in [2.24, 2.45) is 0 Å². The normalized spacial score (nSPS) is 15.1. The number of ether oxygens (including phenoxy) is 6. The Morgan fingerprint density at radius 2 is 1.11 bits per heavy atom. The van der Waals surface area contributed by atoms with Crippen LogP contribution >= 0.6 is 0 Å². The van der Waals surface area contributed by atoms with Gasteiger partial charge in [0.25, 0.3) is 0 Å². The summed E-state index contributed by atoms with van der Waals surface area (Å²) in [6, 6.07) is 23.8. The molecule has 0 fully saturated rings. The zero-order valence-electron chi connectivity index (χ0n) is 25.5. The number of hydrogen-bond acceptors (Lipinski definition) is 9. The highest BCUT2D eigenvalue weighted by atomic mass is 16.5. The number of hydrogen-bond donors (Lipinski definition) is 0. The van der Waals surface area contributed by atoms with Crippen molar-refractivity contribution in [2.75, 3.05) is 14.2 Å². The second kappa shape index (κ2) is 13.4. The number of esters is 3. The van der Waals surface area contributed by atoms with Crippen LogP contribution in [0.2, 0.25) is 0 Å². The monoisotopic (exact) mass is 608 g/mol. The molecular weight excluding hydrogens is 576 g/mol. The first kappa shape index (κ1) is 30.9. The van der Waals surface area contributed by atoms with Crippen molar-refractivity contribution in [2.45, 2.75) is 32.8 Å². The summed E-state index contributed by atoms with van der Waals surface area (Å²) in [6.07, 6.45) is 3.36. The van der Waals surface area contributed by atoms with Gasteiger partial charge in [-0.25, -0.2) is 0 Å². The van der Waals surface area contributed by atoms with Gasteiger partial charge >= 0.3 is 17.9 Å². The summed E-state index contributed by atoms with van der Waals surface area (Å²) >= 11 is 0. The lowest BCUT2D eigenvalue weighted by Gasteiger charge is -2.21. The molecule has 1 aliphatic rings. The summed E-state index contributed by atoms with van der Waals surface area (Å²) in [5.74, 6) is 1.39. The van der Waals surface area contributed by atoms with Gasteiger partial charge in [-0.1, -0.05) is 30.4 Å². The van der Waals surface area contributed by atoms with E-state index in [1.54, 1.807) is 38.5 Å². The van der Waals surface area contributed by atoms with Gasteiger partial charge in [-0.2, -0.15) is 0 Å². The van der Waals surface area contributed by atoms with Crippen molar-refractivity contribution >= 4 is 30.1 Å². The topological polar surface area (TPSA) is 107 Å². The van der Waals surface area contributed by atoms with Gasteiger partial charge in [0.2, 0.25) is 0 Å². The van der Waals surface area contributed by atoms with Crippen LogP contribution in [0.25, 0.3) is 12.2 Å². The van der Waals surface area contributed by atoms with Crippen LogP contribution in [0.1, 0.15) is 60.6 Å². The van der Waals surface area contributed by atoms with E-state index in [4.69, 9.17) is 28.4 Å². The second-order valence-electron chi connectivity index (χ2n) is 10.4. The van der Waals surface area contributed by atoms with Gasteiger partial charge < -0.3 is 28.4 Å². The molecule has 0 unspecified atom stereocenters. The summed E-state index contributed by atoms with van der Waals surface area (Å²) in [5, 5.41) is 0. The van der Waals surface area contributed by atoms with Gasteiger partial charge in [0.1, 0.15) is 40.6 Å². The fourth-order valence-electron chi connectivity index (χ4n) is 5.24. The first-order valence-electron chi connectivity index (χ1n) is 14.1. The molecule has 0 radical (unpaired) electrons. The SMILES string of the molecule is COc1cc(OC)cc([C@H]2c3cc(/C=C/c4cc(OC(C)=O)cc(OC(C)=O)c4)ccc3O[C@@H]2c2ccc(OC(C)=O)cc2)c1. The van der Waals surface area contributed by atoms with E-state index in [1.165, 1.54) is 26.8 Å². The van der Waals surface area contributed by atoms with E-state index >= 15 is 0 Å². The number of rotatable bonds is 9. The van der Waals surface area contributed by atoms with E-state index in [0.29, 0.717) is 22.8 Å². The molecule has 1 aliphatic heterocycles. The van der Waals surface area contributed by atoms with Gasteiger partial charge in [0, 0.05) is 38.5 Å². The zero-order valence-corrected chi connectivity index (χ0v) is 25.5. The number of methoxy groups -OCH3 is 2. The number of benzene rings is 4. The predicted octanol–water partition coefficient (Wildman–Crippen LogP) is 6.92. The molecule has 9 heteroatoms. The standard InChI is InChI=1S/C36H32O9/c1-21(37)42-28-11-9-26(10-12-28)36-35(27-17-29(40-4)19-30(18-27)41-5)33-16-24(8-13-34(33)45-36)6-7-25-14-31(43-22(2)38)20-32(15-25)44-23(3)39/h6-20,35-36H,1-5H3/b7-6+/t35-,36+/m0/s1. The van der Waals surface area contributed by atoms with Gasteiger partial charge in [-0.15, -0.1) is 0 Å². The highest BCUT2D eigenvalue weighted by Gasteiger charge is 2.37. The van der Waals surface area contributed by atoms with Crippen LogP contribution in [-0.2, 0) is 14.4 Å². The van der Waals surface area contributed by atoms with Crippen LogP contribution in [0.4, 0.5) is 0 Å². The van der Waals surface area contributed by atoms with E-state index in [0.717, 1.165) is 28.0 Å². The Morgan fingerprint density at radius 3 is 1.67 bits per heavy atom. The smallest absolute Gasteiger partial charge is 0.308 e. The predicted molar refractivity (Wildman–Crippen MR) is 167 cm³/mol. The molecule has 9 nitrogen and oxygen atoms in total. The van der Waals surface area contributed by atoms with Crippen molar-refractivity contribution < 1.29 is 42.8 Å². The van der Waals surface area contributed by atoms with Gasteiger partial charge in [-0.3, -0.25) is 14.4 Å². The second-order valence-corrected chi connectivity index (χ2v) is 10.4. The Balaban J connectivity index is 1.54. The molecule has 5 rings (SSSR count). The Hall–Kier alpha value is -5.57. The molecule has 0 amide bonds. The van der Waals surface area contributed by atoms with E-state index in [1.807, 2.05) is 54.6 Å². The molecule has 0 aliphatic carbocycles. The van der Waals surface area contributed by atoms with Gasteiger partial charge in [0.05, 0.1) is 20.1 Å². The van der Waals surface area contributed by atoms with E-state index < -0.39 is 24.0 Å². The Bertz CT molecular complexity index is 1720.